The van der Waals surface area contributed by atoms with Gasteiger partial charge in [0.15, 0.2) is 0 Å². The van der Waals surface area contributed by atoms with Crippen LogP contribution in [0.25, 0.3) is 10.9 Å². The van der Waals surface area contributed by atoms with Gasteiger partial charge in [-0.05, 0) is 94.1 Å². The van der Waals surface area contributed by atoms with Gasteiger partial charge in [0.25, 0.3) is 5.91 Å². The number of hydrogen-bond donors (Lipinski definition) is 0. The molecule has 1 aliphatic carbocycles. The summed E-state index contributed by atoms with van der Waals surface area (Å²) < 4.78 is 16.1. The molecule has 10 heteroatoms. The van der Waals surface area contributed by atoms with Crippen LogP contribution >= 0.6 is 23.5 Å². The number of likely N-dealkylation sites (N-methyl/N-ethyl adjacent to an activating group) is 1. The number of halogens is 1. The van der Waals surface area contributed by atoms with Gasteiger partial charge in [-0.2, -0.15) is 0 Å². The van der Waals surface area contributed by atoms with Gasteiger partial charge < -0.3 is 9.47 Å². The Hall–Kier alpha value is -2.88. The molecule has 0 bridgehead atoms. The van der Waals surface area contributed by atoms with Crippen molar-refractivity contribution in [2.45, 2.75) is 70.7 Å². The van der Waals surface area contributed by atoms with Crippen molar-refractivity contribution >= 4 is 46.3 Å². The minimum atomic E-state index is -0.447. The molecule has 3 unspecified atom stereocenters. The molecule has 0 N–H and O–H groups in total. The van der Waals surface area contributed by atoms with Crippen molar-refractivity contribution in [3.63, 3.8) is 0 Å². The molecule has 42 heavy (non-hydrogen) atoms. The molecule has 0 saturated heterocycles. The summed E-state index contributed by atoms with van der Waals surface area (Å²) in [4.78, 5) is 40.1. The van der Waals surface area contributed by atoms with Crippen LogP contribution in [0, 0.1) is 23.7 Å². The number of carbonyl (C=O) groups excluding carboxylic acids is 2. The number of nitrogens with zero attached hydrogens (tertiary/aromatic N) is 3. The van der Waals surface area contributed by atoms with Gasteiger partial charge in [-0.1, -0.05) is 37.8 Å². The summed E-state index contributed by atoms with van der Waals surface area (Å²) in [5.74, 6) is 0.140. The van der Waals surface area contributed by atoms with Crippen molar-refractivity contribution in [3.05, 3.63) is 69.2 Å². The monoisotopic (exact) mass is 613 g/mol. The van der Waals surface area contributed by atoms with Crippen LogP contribution in [0.1, 0.15) is 67.6 Å². The van der Waals surface area contributed by atoms with Crippen molar-refractivity contribution in [2.75, 3.05) is 20.8 Å². The van der Waals surface area contributed by atoms with Crippen LogP contribution in [-0.2, 0) is 16.0 Å². The van der Waals surface area contributed by atoms with Crippen molar-refractivity contribution in [2.24, 2.45) is 16.4 Å². The van der Waals surface area contributed by atoms with Crippen molar-refractivity contribution in [1.29, 1.82) is 0 Å². The highest BCUT2D eigenvalue weighted by molar-refractivity contribution is 7.98. The van der Waals surface area contributed by atoms with E-state index in [1.165, 1.54) is 19.3 Å². The van der Waals surface area contributed by atoms with E-state index in [2.05, 4.69) is 9.48 Å². The Bertz CT molecular complexity index is 1400. The Morgan fingerprint density at radius 1 is 1.12 bits per heavy atom. The average molecular weight is 614 g/mol. The maximum atomic E-state index is 13.6. The van der Waals surface area contributed by atoms with E-state index in [9.17, 15) is 14.5 Å². The van der Waals surface area contributed by atoms with E-state index in [0.29, 0.717) is 28.7 Å². The lowest BCUT2D eigenvalue weighted by atomic mass is 9.88. The zero-order valence-electron chi connectivity index (χ0n) is 25.0. The summed E-state index contributed by atoms with van der Waals surface area (Å²) in [7, 11) is 3.58. The summed E-state index contributed by atoms with van der Waals surface area (Å²) >= 11 is 7.12. The van der Waals surface area contributed by atoms with E-state index in [4.69, 9.17) is 21.1 Å². The lowest BCUT2D eigenvalue weighted by Gasteiger charge is -2.37. The number of fused-ring (bicyclic) bond motifs is 1. The smallest absolute Gasteiger partial charge is 0.309 e. The lowest BCUT2D eigenvalue weighted by Crippen LogP contribution is -2.44. The molecule has 226 valence electrons. The number of hydrogen-bond acceptors (Lipinski definition) is 8. The first-order valence-corrected chi connectivity index (χ1v) is 15.7. The molecular formula is C32H40ClN3O5S. The second kappa shape index (κ2) is 14.5. The van der Waals surface area contributed by atoms with Crippen molar-refractivity contribution in [3.8, 4) is 5.75 Å². The molecule has 0 radical (unpaired) electrons. The van der Waals surface area contributed by atoms with Gasteiger partial charge in [0.1, 0.15) is 12.4 Å². The number of nitroso groups, excluding NO2 is 1. The number of ether oxygens (including phenoxy) is 2. The molecule has 1 heterocycles. The first-order valence-electron chi connectivity index (χ1n) is 14.5. The average Bonchev–Trinajstić information content (AvgIpc) is 3.28. The molecule has 1 aromatic heterocycles. The summed E-state index contributed by atoms with van der Waals surface area (Å²) in [6.07, 6.45) is 6.13. The van der Waals surface area contributed by atoms with Gasteiger partial charge in [-0.15, -0.1) is 4.91 Å². The number of methoxy groups -OCH3 is 1. The van der Waals surface area contributed by atoms with Crippen LogP contribution in [0.15, 0.2) is 47.0 Å². The zero-order chi connectivity index (χ0) is 30.4. The Labute approximate surface area is 257 Å². The maximum absolute atomic E-state index is 13.6. The van der Waals surface area contributed by atoms with E-state index in [1.54, 1.807) is 35.9 Å². The molecule has 1 saturated carbocycles. The van der Waals surface area contributed by atoms with Crippen molar-refractivity contribution < 1.29 is 19.1 Å². The number of carbonyl (C=O) groups is 2. The zero-order valence-corrected chi connectivity index (χ0v) is 26.5. The van der Waals surface area contributed by atoms with Gasteiger partial charge in [-0.25, -0.2) is 0 Å². The standard InChI is InChI=1S/C32H40ClN3O5S/c1-20(32(38)41-19-21(2)35(4)31(42-34-39)24-9-7-6-8-10-24)17-27-22(3)36(29-16-15-26(40-5)18-28(27)29)30(37)23-11-13-25(33)14-12-23/h11-16,18,20-21,24,31H,6-10,17,19H2,1-5H3. The van der Waals surface area contributed by atoms with Gasteiger partial charge in [0.05, 0.1) is 23.9 Å². The highest BCUT2D eigenvalue weighted by Gasteiger charge is 2.31. The minimum absolute atomic E-state index is 0.0316. The van der Waals surface area contributed by atoms with E-state index in [0.717, 1.165) is 46.9 Å². The molecule has 0 amide bonds. The largest absolute Gasteiger partial charge is 0.497 e. The Balaban J connectivity index is 1.50. The number of aromatic nitrogens is 1. The molecule has 3 atom stereocenters. The van der Waals surface area contributed by atoms with Crippen LogP contribution in [0.4, 0.5) is 0 Å². The van der Waals surface area contributed by atoms with E-state index >= 15 is 0 Å². The summed E-state index contributed by atoms with van der Waals surface area (Å²) in [6, 6.07) is 12.3. The quantitative estimate of drug-likeness (QED) is 0.0896. The SMILES string of the molecule is COc1ccc2c(c1)c(CC(C)C(=O)OCC(C)N(C)C(SN=O)C1CCCCC1)c(C)n2C(=O)c1ccc(Cl)cc1. The fourth-order valence-electron chi connectivity index (χ4n) is 5.89. The third-order valence-corrected chi connectivity index (χ3v) is 9.79. The maximum Gasteiger partial charge on any atom is 0.309 e. The third-order valence-electron chi connectivity index (χ3n) is 8.52. The van der Waals surface area contributed by atoms with E-state index < -0.39 is 5.92 Å². The lowest BCUT2D eigenvalue weighted by molar-refractivity contribution is -0.149. The summed E-state index contributed by atoms with van der Waals surface area (Å²) in [5, 5.41) is 1.38. The number of esters is 1. The van der Waals surface area contributed by atoms with Gasteiger partial charge >= 0.3 is 5.97 Å². The Kier molecular flexibility index (Phi) is 11.1. The van der Waals surface area contributed by atoms with Crippen LogP contribution in [-0.4, -0.2) is 53.5 Å². The van der Waals surface area contributed by atoms with E-state index in [-0.39, 0.29) is 29.9 Å². The van der Waals surface area contributed by atoms with Gasteiger partial charge in [0.2, 0.25) is 0 Å². The fourth-order valence-corrected chi connectivity index (χ4v) is 6.90. The molecule has 8 nitrogen and oxygen atoms in total. The molecular weight excluding hydrogens is 574 g/mol. The fraction of sp³-hybridized carbons (Fsp3) is 0.500. The molecule has 2 aromatic carbocycles. The molecule has 1 fully saturated rings. The molecule has 0 aliphatic heterocycles. The molecule has 3 aromatic rings. The first-order chi connectivity index (χ1) is 20.2. The van der Waals surface area contributed by atoms with Gasteiger partial charge in [-0.3, -0.25) is 19.1 Å². The van der Waals surface area contributed by atoms with Crippen LogP contribution in [0.3, 0.4) is 0 Å². The van der Waals surface area contributed by atoms with Gasteiger partial charge in [0, 0.05) is 44.2 Å². The normalized spacial score (nSPS) is 16.3. The highest BCUT2D eigenvalue weighted by atomic mass is 35.5. The Morgan fingerprint density at radius 2 is 1.81 bits per heavy atom. The van der Waals surface area contributed by atoms with Crippen LogP contribution < -0.4 is 4.74 Å². The summed E-state index contributed by atoms with van der Waals surface area (Å²) in [5.41, 5.74) is 2.92. The summed E-state index contributed by atoms with van der Waals surface area (Å²) in [6.45, 7) is 5.96. The highest BCUT2D eigenvalue weighted by Crippen LogP contribution is 2.36. The van der Waals surface area contributed by atoms with Crippen LogP contribution in [0.2, 0.25) is 5.02 Å². The predicted octanol–water partition coefficient (Wildman–Crippen LogP) is 7.66. The minimum Gasteiger partial charge on any atom is -0.497 e. The van der Waals surface area contributed by atoms with E-state index in [1.807, 2.05) is 46.0 Å². The second-order valence-electron chi connectivity index (χ2n) is 11.3. The third kappa shape index (κ3) is 7.18. The van der Waals surface area contributed by atoms with Crippen molar-refractivity contribution in [1.82, 2.24) is 9.47 Å². The molecule has 4 rings (SSSR count). The molecule has 0 spiro atoms. The van der Waals surface area contributed by atoms with Crippen LogP contribution in [0.5, 0.6) is 5.75 Å². The topological polar surface area (TPSA) is 90.2 Å². The second-order valence-corrected chi connectivity index (χ2v) is 12.6. The number of benzene rings is 2. The molecule has 1 aliphatic rings. The Morgan fingerprint density at radius 3 is 2.45 bits per heavy atom. The predicted molar refractivity (Wildman–Crippen MR) is 169 cm³/mol. The first kappa shape index (κ1) is 32.0. The number of rotatable bonds is 12.